The fraction of sp³-hybridized carbons (Fsp3) is 0. The van der Waals surface area contributed by atoms with E-state index in [2.05, 4.69) is 168 Å². The van der Waals surface area contributed by atoms with Crippen LogP contribution < -0.4 is 37.3 Å². The normalized spacial score (nSPS) is 12.8. The molecule has 5 rings (SSSR count). The molecule has 0 heterocycles. The second kappa shape index (κ2) is 10.1. The Morgan fingerprint density at radius 3 is 1.06 bits per heavy atom. The van der Waals surface area contributed by atoms with Gasteiger partial charge in [-0.3, -0.25) is 0 Å². The van der Waals surface area contributed by atoms with Crippen LogP contribution in [0, 0.1) is 0 Å². The molecule has 0 fully saturated rings. The Morgan fingerprint density at radius 2 is 0.676 bits per heavy atom. The van der Waals surface area contributed by atoms with Crippen LogP contribution in [-0.4, -0.2) is 0 Å². The van der Waals surface area contributed by atoms with Crippen molar-refractivity contribution >= 4 is 66.2 Å². The van der Waals surface area contributed by atoms with E-state index >= 15 is 0 Å². The Balaban J connectivity index is 1.85. The molecule has 0 aliphatic carbocycles. The summed E-state index contributed by atoms with van der Waals surface area (Å²) >= 11 is 2.78. The van der Waals surface area contributed by atoms with Crippen molar-refractivity contribution in [1.82, 2.24) is 0 Å². The first-order valence-electron chi connectivity index (χ1n) is 11.4. The monoisotopic (exact) mass is 591 g/mol. The van der Waals surface area contributed by atoms with Crippen LogP contribution in [0.3, 0.4) is 0 Å². The predicted molar refractivity (Wildman–Crippen MR) is 165 cm³/mol. The third-order valence-corrected chi connectivity index (χ3v) is 19.5. The molecule has 5 aromatic rings. The average molecular weight is 591 g/mol. The number of nitrogens with two attached hydrogens (primary N) is 1. The second-order valence-electron chi connectivity index (χ2n) is 8.48. The molecule has 0 aliphatic heterocycles. The van der Waals surface area contributed by atoms with Gasteiger partial charge in [0.15, 0.2) is 0 Å². The van der Waals surface area contributed by atoms with Crippen LogP contribution in [0.5, 0.6) is 0 Å². The van der Waals surface area contributed by atoms with Gasteiger partial charge in [0.25, 0.3) is 0 Å². The molecule has 0 aromatic heterocycles. The van der Waals surface area contributed by atoms with Crippen LogP contribution in [0.15, 0.2) is 146 Å². The van der Waals surface area contributed by atoms with E-state index in [9.17, 15) is 0 Å². The molecule has 34 heavy (non-hydrogen) atoms. The molecule has 0 radical (unpaired) electrons. The van der Waals surface area contributed by atoms with Crippen molar-refractivity contribution in [2.24, 2.45) is 5.50 Å². The van der Waals surface area contributed by atoms with Gasteiger partial charge in [-0.15, -0.1) is 0 Å². The summed E-state index contributed by atoms with van der Waals surface area (Å²) in [4.78, 5) is -2.37. The fourth-order valence-corrected chi connectivity index (χ4v) is 16.6. The second-order valence-corrected chi connectivity index (χ2v) is 19.7. The Labute approximate surface area is 216 Å². The Kier molecular flexibility index (Phi) is 6.95. The first kappa shape index (κ1) is 23.4. The Morgan fingerprint density at radius 1 is 0.382 bits per heavy atom. The van der Waals surface area contributed by atoms with Crippen LogP contribution >= 0.6 is 34.4 Å². The van der Waals surface area contributed by atoms with Gasteiger partial charge in [-0.2, -0.15) is 0 Å². The van der Waals surface area contributed by atoms with Gasteiger partial charge < -0.3 is 0 Å². The van der Waals surface area contributed by atoms with Gasteiger partial charge in [-0.05, 0) is 0 Å². The van der Waals surface area contributed by atoms with E-state index in [4.69, 9.17) is 5.50 Å². The first-order chi connectivity index (χ1) is 16.6. The molecule has 0 saturated heterocycles. The number of hydrogen-bond acceptors (Lipinski definition) is 1. The van der Waals surface area contributed by atoms with E-state index in [1.807, 2.05) is 0 Å². The minimum absolute atomic E-state index is 1.22. The molecule has 0 atom stereocenters. The third kappa shape index (κ3) is 4.14. The molecule has 2 N–H and O–H groups in total. The predicted octanol–water partition coefficient (Wildman–Crippen LogP) is 4.96. The van der Waals surface area contributed by atoms with Gasteiger partial charge in [0.2, 0.25) is 0 Å². The van der Waals surface area contributed by atoms with Gasteiger partial charge in [-0.1, -0.05) is 0 Å². The fourth-order valence-electron chi connectivity index (χ4n) is 4.82. The van der Waals surface area contributed by atoms with Crippen LogP contribution in [0.4, 0.5) is 0 Å². The van der Waals surface area contributed by atoms with Gasteiger partial charge in [0, 0.05) is 0 Å². The molecule has 0 amide bonds. The van der Waals surface area contributed by atoms with Crippen molar-refractivity contribution in [1.29, 1.82) is 0 Å². The summed E-state index contributed by atoms with van der Waals surface area (Å²) in [5.74, 6) is 0. The molecule has 0 saturated carbocycles. The SMILES string of the molecule is N[PH](c1ccccc1)(c1ccccc1)c1ccccc1[PH](I)(c1ccccc1)c1ccccc1. The number of benzene rings is 5. The summed E-state index contributed by atoms with van der Waals surface area (Å²) < 4.78 is 0. The zero-order valence-electron chi connectivity index (χ0n) is 18.8. The van der Waals surface area contributed by atoms with Gasteiger partial charge >= 0.3 is 217 Å². The van der Waals surface area contributed by atoms with E-state index in [0.29, 0.717) is 0 Å². The van der Waals surface area contributed by atoms with Crippen molar-refractivity contribution in [3.8, 4) is 0 Å². The molecule has 4 heteroatoms. The number of rotatable bonds is 6. The molecule has 0 bridgehead atoms. The standard InChI is InChI=1S/C30H28INP2/c31-33(25-15-5-1-6-16-25,26-17-7-2-8-18-26)29-23-13-14-24-30(29)34(32,27-19-9-3-10-20-27)28-21-11-4-12-22-28/h1-24,33-34H,32H2. The molecular formula is C30H28INP2. The number of halogens is 1. The summed E-state index contributed by atoms with van der Waals surface area (Å²) in [7, 11) is -2.77. The van der Waals surface area contributed by atoms with Crippen molar-refractivity contribution in [3.63, 3.8) is 0 Å². The maximum absolute atomic E-state index is 7.67. The average Bonchev–Trinajstić information content (AvgIpc) is 2.94. The minimum atomic E-state index is -2.77. The number of hydrogen-bond donors (Lipinski definition) is 1. The zero-order valence-corrected chi connectivity index (χ0v) is 23.0. The van der Waals surface area contributed by atoms with Crippen LogP contribution in [-0.2, 0) is 0 Å². The van der Waals surface area contributed by atoms with Crippen molar-refractivity contribution in [2.75, 3.05) is 0 Å². The molecule has 1 nitrogen and oxygen atoms in total. The van der Waals surface area contributed by atoms with E-state index in [1.165, 1.54) is 31.8 Å². The third-order valence-electron chi connectivity index (χ3n) is 6.52. The van der Waals surface area contributed by atoms with Gasteiger partial charge in [0.1, 0.15) is 0 Å². The molecular weight excluding hydrogens is 563 g/mol. The molecule has 0 spiro atoms. The molecule has 0 aliphatic rings. The topological polar surface area (TPSA) is 26.0 Å². The van der Waals surface area contributed by atoms with E-state index in [0.717, 1.165) is 0 Å². The maximum atomic E-state index is 7.67. The van der Waals surface area contributed by atoms with Crippen molar-refractivity contribution < 1.29 is 0 Å². The quantitative estimate of drug-likeness (QED) is 0.219. The van der Waals surface area contributed by atoms with Crippen molar-refractivity contribution in [3.05, 3.63) is 146 Å². The van der Waals surface area contributed by atoms with Crippen molar-refractivity contribution in [2.45, 2.75) is 0 Å². The zero-order chi connectivity index (χ0) is 23.4. The van der Waals surface area contributed by atoms with Gasteiger partial charge in [0.05, 0.1) is 0 Å². The molecule has 5 aromatic carbocycles. The van der Waals surface area contributed by atoms with E-state index in [-0.39, 0.29) is 0 Å². The first-order valence-corrected chi connectivity index (χ1v) is 18.6. The Hall–Kier alpha value is -2.35. The Bertz CT molecular complexity index is 1170. The van der Waals surface area contributed by atoms with E-state index < -0.39 is 12.3 Å². The van der Waals surface area contributed by atoms with Crippen LogP contribution in [0.2, 0.25) is 0 Å². The van der Waals surface area contributed by atoms with Crippen LogP contribution in [0.1, 0.15) is 0 Å². The molecule has 0 unspecified atom stereocenters. The van der Waals surface area contributed by atoms with E-state index in [1.54, 1.807) is 0 Å². The summed E-state index contributed by atoms with van der Waals surface area (Å²) in [5, 5.41) is 7.89. The summed E-state index contributed by atoms with van der Waals surface area (Å²) in [5.41, 5.74) is 7.67. The van der Waals surface area contributed by atoms with Gasteiger partial charge in [-0.25, -0.2) is 0 Å². The summed E-state index contributed by atoms with van der Waals surface area (Å²) in [6.07, 6.45) is 0. The summed E-state index contributed by atoms with van der Waals surface area (Å²) in [6.45, 7) is 0. The summed E-state index contributed by atoms with van der Waals surface area (Å²) in [6, 6.07) is 52.3. The van der Waals surface area contributed by atoms with Crippen LogP contribution in [0.25, 0.3) is 0 Å². The molecule has 170 valence electrons.